The lowest BCUT2D eigenvalue weighted by Crippen LogP contribution is -2.43. The SMILES string of the molecule is O=C(Nc1c(Cl)cc(F)cc1Cl)N[C@H](CCO)C(=O)O. The average molecular weight is 325 g/mol. The number of carboxylic acids is 1. The molecule has 2 amide bonds. The molecule has 0 aliphatic rings. The third-order valence-electron chi connectivity index (χ3n) is 2.27. The summed E-state index contributed by atoms with van der Waals surface area (Å²) in [5.74, 6) is -1.97. The van der Waals surface area contributed by atoms with E-state index in [0.29, 0.717) is 0 Å². The summed E-state index contributed by atoms with van der Waals surface area (Å²) in [6.07, 6.45) is -0.159. The van der Waals surface area contributed by atoms with E-state index in [1.807, 2.05) is 0 Å². The molecule has 0 aromatic heterocycles. The summed E-state index contributed by atoms with van der Waals surface area (Å²) in [5.41, 5.74) is -0.0413. The van der Waals surface area contributed by atoms with Crippen LogP contribution in [0.4, 0.5) is 14.9 Å². The van der Waals surface area contributed by atoms with Crippen molar-refractivity contribution in [2.24, 2.45) is 0 Å². The van der Waals surface area contributed by atoms with Gasteiger partial charge in [0.1, 0.15) is 11.9 Å². The van der Waals surface area contributed by atoms with E-state index in [-0.39, 0.29) is 22.2 Å². The number of aliphatic hydroxyl groups is 1. The Morgan fingerprint density at radius 1 is 1.30 bits per heavy atom. The van der Waals surface area contributed by atoms with E-state index in [1.54, 1.807) is 0 Å². The number of nitrogens with one attached hydrogen (secondary N) is 2. The smallest absolute Gasteiger partial charge is 0.326 e. The second-order valence-electron chi connectivity index (χ2n) is 3.75. The van der Waals surface area contributed by atoms with Crippen molar-refractivity contribution in [1.82, 2.24) is 5.32 Å². The lowest BCUT2D eigenvalue weighted by atomic mass is 10.2. The van der Waals surface area contributed by atoms with E-state index < -0.39 is 30.5 Å². The van der Waals surface area contributed by atoms with Gasteiger partial charge in [0.2, 0.25) is 0 Å². The first-order valence-corrected chi connectivity index (χ1v) is 6.16. The van der Waals surface area contributed by atoms with Crippen molar-refractivity contribution in [3.63, 3.8) is 0 Å². The van der Waals surface area contributed by atoms with E-state index in [9.17, 15) is 14.0 Å². The van der Waals surface area contributed by atoms with Crippen LogP contribution in [0.1, 0.15) is 6.42 Å². The second kappa shape index (κ2) is 7.28. The van der Waals surface area contributed by atoms with Gasteiger partial charge in [-0.25, -0.2) is 14.0 Å². The standard InChI is InChI=1S/C11H11Cl2FN2O4/c12-6-3-5(14)4-7(13)9(6)16-11(20)15-8(1-2-17)10(18)19/h3-4,8,17H,1-2H2,(H,18,19)(H2,15,16,20)/t8-/m1/s1. The minimum atomic E-state index is -1.30. The Morgan fingerprint density at radius 3 is 2.30 bits per heavy atom. The Balaban J connectivity index is 2.78. The number of benzene rings is 1. The molecule has 0 aliphatic heterocycles. The Kier molecular flexibility index (Phi) is 6.00. The van der Waals surface area contributed by atoms with Crippen LogP contribution in [-0.2, 0) is 4.79 Å². The maximum atomic E-state index is 13.0. The number of aliphatic hydroxyl groups excluding tert-OH is 1. The van der Waals surface area contributed by atoms with Gasteiger partial charge in [0.15, 0.2) is 0 Å². The van der Waals surface area contributed by atoms with Crippen molar-refractivity contribution in [3.8, 4) is 0 Å². The number of amides is 2. The van der Waals surface area contributed by atoms with Crippen molar-refractivity contribution in [3.05, 3.63) is 28.0 Å². The fourth-order valence-corrected chi connectivity index (χ4v) is 1.91. The van der Waals surface area contributed by atoms with Crippen LogP contribution in [0.15, 0.2) is 12.1 Å². The molecule has 1 atom stereocenters. The molecule has 0 spiro atoms. The number of hydrogen-bond donors (Lipinski definition) is 4. The highest BCUT2D eigenvalue weighted by Gasteiger charge is 2.20. The van der Waals surface area contributed by atoms with Crippen molar-refractivity contribution >= 4 is 40.9 Å². The molecule has 0 saturated heterocycles. The molecule has 1 aromatic rings. The molecule has 0 aliphatic carbocycles. The predicted octanol–water partition coefficient (Wildman–Crippen LogP) is 2.09. The molecule has 0 heterocycles. The zero-order chi connectivity index (χ0) is 15.3. The molecule has 4 N–H and O–H groups in total. The number of carboxylic acid groups (broad SMARTS) is 1. The first kappa shape index (κ1) is 16.5. The minimum Gasteiger partial charge on any atom is -0.480 e. The summed E-state index contributed by atoms with van der Waals surface area (Å²) in [5, 5.41) is 21.6. The lowest BCUT2D eigenvalue weighted by molar-refractivity contribution is -0.139. The van der Waals surface area contributed by atoms with Crippen molar-refractivity contribution in [1.29, 1.82) is 0 Å². The first-order valence-electron chi connectivity index (χ1n) is 5.41. The summed E-state index contributed by atoms with van der Waals surface area (Å²) < 4.78 is 13.0. The van der Waals surface area contributed by atoms with Gasteiger partial charge in [-0.1, -0.05) is 23.2 Å². The lowest BCUT2D eigenvalue weighted by Gasteiger charge is -2.15. The number of hydrogen-bond acceptors (Lipinski definition) is 3. The Hall–Kier alpha value is -1.57. The zero-order valence-electron chi connectivity index (χ0n) is 9.99. The topological polar surface area (TPSA) is 98.7 Å². The predicted molar refractivity (Wildman–Crippen MR) is 71.7 cm³/mol. The van der Waals surface area contributed by atoms with Crippen LogP contribution in [0.25, 0.3) is 0 Å². The summed E-state index contributed by atoms with van der Waals surface area (Å²) in [6.45, 7) is -0.407. The molecule has 0 saturated carbocycles. The van der Waals surface area contributed by atoms with Crippen LogP contribution >= 0.6 is 23.2 Å². The van der Waals surface area contributed by atoms with Gasteiger partial charge >= 0.3 is 12.0 Å². The number of rotatable bonds is 5. The number of halogens is 3. The largest absolute Gasteiger partial charge is 0.480 e. The zero-order valence-corrected chi connectivity index (χ0v) is 11.5. The first-order chi connectivity index (χ1) is 9.35. The molecule has 0 bridgehead atoms. The third kappa shape index (κ3) is 4.52. The van der Waals surface area contributed by atoms with Gasteiger partial charge in [-0.15, -0.1) is 0 Å². The van der Waals surface area contributed by atoms with Gasteiger partial charge < -0.3 is 20.8 Å². The molecular formula is C11H11Cl2FN2O4. The molecule has 0 fully saturated rings. The average Bonchev–Trinajstić information content (AvgIpc) is 2.33. The van der Waals surface area contributed by atoms with Gasteiger partial charge in [-0.3, -0.25) is 0 Å². The highest BCUT2D eigenvalue weighted by Crippen LogP contribution is 2.31. The normalized spacial score (nSPS) is 11.8. The number of carbonyl (C=O) groups excluding carboxylic acids is 1. The second-order valence-corrected chi connectivity index (χ2v) is 4.56. The van der Waals surface area contributed by atoms with Crippen LogP contribution in [-0.4, -0.2) is 34.9 Å². The summed E-state index contributed by atoms with van der Waals surface area (Å²) >= 11 is 11.4. The summed E-state index contributed by atoms with van der Waals surface area (Å²) in [7, 11) is 0. The molecule has 1 rings (SSSR count). The quantitative estimate of drug-likeness (QED) is 0.666. The Morgan fingerprint density at radius 2 is 1.85 bits per heavy atom. The molecule has 20 heavy (non-hydrogen) atoms. The van der Waals surface area contributed by atoms with Crippen LogP contribution < -0.4 is 10.6 Å². The summed E-state index contributed by atoms with van der Waals surface area (Å²) in [6, 6.07) is -0.254. The Labute approximate surface area is 123 Å². The Bertz CT molecular complexity index is 504. The van der Waals surface area contributed by atoms with Crippen LogP contribution in [0.2, 0.25) is 10.0 Å². The highest BCUT2D eigenvalue weighted by molar-refractivity contribution is 6.39. The van der Waals surface area contributed by atoms with E-state index in [2.05, 4.69) is 10.6 Å². The molecule has 1 aromatic carbocycles. The molecule has 110 valence electrons. The van der Waals surface area contributed by atoms with E-state index in [1.165, 1.54) is 0 Å². The minimum absolute atomic E-state index is 0.0413. The van der Waals surface area contributed by atoms with Gasteiger partial charge in [-0.05, 0) is 12.1 Å². The fourth-order valence-electron chi connectivity index (χ4n) is 1.36. The van der Waals surface area contributed by atoms with Gasteiger partial charge in [0.25, 0.3) is 0 Å². The van der Waals surface area contributed by atoms with Crippen molar-refractivity contribution in [2.75, 3.05) is 11.9 Å². The van der Waals surface area contributed by atoms with Crippen molar-refractivity contribution < 1.29 is 24.2 Å². The molecule has 6 nitrogen and oxygen atoms in total. The number of urea groups is 1. The fraction of sp³-hybridized carbons (Fsp3) is 0.273. The monoisotopic (exact) mass is 324 g/mol. The van der Waals surface area contributed by atoms with Gasteiger partial charge in [0, 0.05) is 13.0 Å². The molecule has 0 unspecified atom stereocenters. The van der Waals surface area contributed by atoms with E-state index >= 15 is 0 Å². The van der Waals surface area contributed by atoms with Gasteiger partial charge in [-0.2, -0.15) is 0 Å². The highest BCUT2D eigenvalue weighted by atomic mass is 35.5. The number of anilines is 1. The van der Waals surface area contributed by atoms with Gasteiger partial charge in [0.05, 0.1) is 15.7 Å². The van der Waals surface area contributed by atoms with E-state index in [0.717, 1.165) is 12.1 Å². The molecule has 9 heteroatoms. The molecule has 0 radical (unpaired) electrons. The van der Waals surface area contributed by atoms with Crippen LogP contribution in [0, 0.1) is 5.82 Å². The number of carbonyl (C=O) groups is 2. The maximum Gasteiger partial charge on any atom is 0.326 e. The molecular weight excluding hydrogens is 314 g/mol. The van der Waals surface area contributed by atoms with Crippen LogP contribution in [0.5, 0.6) is 0 Å². The third-order valence-corrected chi connectivity index (χ3v) is 2.86. The van der Waals surface area contributed by atoms with E-state index in [4.69, 9.17) is 33.4 Å². The number of aliphatic carboxylic acids is 1. The maximum absolute atomic E-state index is 13.0. The summed E-state index contributed by atoms with van der Waals surface area (Å²) in [4.78, 5) is 22.4. The van der Waals surface area contributed by atoms with Crippen LogP contribution in [0.3, 0.4) is 0 Å². The van der Waals surface area contributed by atoms with Crippen molar-refractivity contribution in [2.45, 2.75) is 12.5 Å².